The Bertz CT molecular complexity index is 704. The zero-order valence-electron chi connectivity index (χ0n) is 10.9. The lowest BCUT2D eigenvalue weighted by Gasteiger charge is -2.12. The third kappa shape index (κ3) is 2.35. The van der Waals surface area contributed by atoms with Gasteiger partial charge in [-0.1, -0.05) is 30.3 Å². The molecule has 0 bridgehead atoms. The lowest BCUT2D eigenvalue weighted by atomic mass is 10.1. The van der Waals surface area contributed by atoms with Gasteiger partial charge in [0.2, 0.25) is 5.82 Å². The Kier molecular flexibility index (Phi) is 3.12. The van der Waals surface area contributed by atoms with E-state index >= 15 is 0 Å². The Labute approximate surface area is 115 Å². The third-order valence-electron chi connectivity index (χ3n) is 2.97. The molecular weight excluding hydrogens is 254 g/mol. The van der Waals surface area contributed by atoms with Crippen LogP contribution in [0.5, 0.6) is 0 Å². The van der Waals surface area contributed by atoms with Crippen molar-refractivity contribution in [3.8, 4) is 0 Å². The van der Waals surface area contributed by atoms with Gasteiger partial charge in [-0.3, -0.25) is 4.79 Å². The molecule has 3 aromatic rings. The lowest BCUT2D eigenvalue weighted by molar-refractivity contribution is 0.0929. The van der Waals surface area contributed by atoms with E-state index in [1.165, 1.54) is 4.52 Å². The molecular formula is C14H13N5O. The van der Waals surface area contributed by atoms with Crippen LogP contribution in [-0.2, 0) is 0 Å². The number of hydrogen-bond donors (Lipinski definition) is 1. The molecule has 0 spiro atoms. The largest absolute Gasteiger partial charge is 0.343 e. The number of fused-ring (bicyclic) bond motifs is 1. The van der Waals surface area contributed by atoms with E-state index in [2.05, 4.69) is 20.4 Å². The second kappa shape index (κ2) is 5.08. The van der Waals surface area contributed by atoms with Gasteiger partial charge in [0.05, 0.1) is 6.04 Å². The maximum atomic E-state index is 12.1. The number of benzene rings is 1. The Morgan fingerprint density at radius 2 is 2.05 bits per heavy atom. The molecule has 6 heteroatoms. The third-order valence-corrected chi connectivity index (χ3v) is 2.97. The highest BCUT2D eigenvalue weighted by Gasteiger charge is 2.16. The minimum absolute atomic E-state index is 0.108. The molecule has 0 aliphatic carbocycles. The van der Waals surface area contributed by atoms with Gasteiger partial charge in [-0.05, 0) is 18.6 Å². The predicted molar refractivity (Wildman–Crippen MR) is 73.1 cm³/mol. The number of carbonyl (C=O) groups is 1. The van der Waals surface area contributed by atoms with Gasteiger partial charge in [-0.15, -0.1) is 5.10 Å². The minimum atomic E-state index is -0.313. The minimum Gasteiger partial charge on any atom is -0.343 e. The molecule has 20 heavy (non-hydrogen) atoms. The first kappa shape index (κ1) is 12.3. The van der Waals surface area contributed by atoms with Crippen molar-refractivity contribution < 1.29 is 4.79 Å². The van der Waals surface area contributed by atoms with Crippen LogP contribution in [0.3, 0.4) is 0 Å². The van der Waals surface area contributed by atoms with Crippen LogP contribution in [0.15, 0.2) is 48.8 Å². The van der Waals surface area contributed by atoms with Crippen LogP contribution in [-0.4, -0.2) is 25.5 Å². The Morgan fingerprint density at radius 3 is 2.80 bits per heavy atom. The molecule has 0 aliphatic heterocycles. The fourth-order valence-corrected chi connectivity index (χ4v) is 1.92. The molecule has 0 fully saturated rings. The maximum absolute atomic E-state index is 12.1. The maximum Gasteiger partial charge on any atom is 0.291 e. The molecule has 3 rings (SSSR count). The number of amides is 1. The molecule has 2 aromatic heterocycles. The van der Waals surface area contributed by atoms with E-state index < -0.39 is 0 Å². The molecule has 1 atom stereocenters. The molecule has 100 valence electrons. The highest BCUT2D eigenvalue weighted by Crippen LogP contribution is 2.11. The normalized spacial score (nSPS) is 12.2. The van der Waals surface area contributed by atoms with Crippen molar-refractivity contribution in [2.45, 2.75) is 13.0 Å². The summed E-state index contributed by atoms with van der Waals surface area (Å²) in [6.07, 6.45) is 3.31. The van der Waals surface area contributed by atoms with E-state index in [9.17, 15) is 4.79 Å². The van der Waals surface area contributed by atoms with Gasteiger partial charge in [0.15, 0.2) is 0 Å². The summed E-state index contributed by atoms with van der Waals surface area (Å²) in [5.41, 5.74) is 1.03. The number of hydrogen-bond acceptors (Lipinski definition) is 4. The summed E-state index contributed by atoms with van der Waals surface area (Å²) in [5.74, 6) is 0.211. The summed E-state index contributed by atoms with van der Waals surface area (Å²) in [6, 6.07) is 11.4. The molecule has 1 N–H and O–H groups in total. The Hall–Kier alpha value is -2.76. The predicted octanol–water partition coefficient (Wildman–Crippen LogP) is 1.62. The Balaban J connectivity index is 1.79. The Morgan fingerprint density at radius 1 is 1.25 bits per heavy atom. The summed E-state index contributed by atoms with van der Waals surface area (Å²) in [6.45, 7) is 1.92. The highest BCUT2D eigenvalue weighted by molar-refractivity contribution is 5.91. The summed E-state index contributed by atoms with van der Waals surface area (Å²) < 4.78 is 1.47. The van der Waals surface area contributed by atoms with Crippen molar-refractivity contribution >= 4 is 11.7 Å². The SMILES string of the molecule is C[C@H](NC(=O)c1nc2ncccn2n1)c1ccccc1. The number of nitrogens with one attached hydrogen (secondary N) is 1. The van der Waals surface area contributed by atoms with Crippen LogP contribution < -0.4 is 5.32 Å². The molecule has 0 radical (unpaired) electrons. The van der Waals surface area contributed by atoms with Gasteiger partial charge in [-0.2, -0.15) is 4.98 Å². The topological polar surface area (TPSA) is 72.2 Å². The first-order valence-electron chi connectivity index (χ1n) is 6.27. The summed E-state index contributed by atoms with van der Waals surface area (Å²) >= 11 is 0. The zero-order chi connectivity index (χ0) is 13.9. The molecule has 0 unspecified atom stereocenters. The molecule has 6 nitrogen and oxygen atoms in total. The average Bonchev–Trinajstić information content (AvgIpc) is 2.92. The first-order chi connectivity index (χ1) is 9.74. The van der Waals surface area contributed by atoms with Gasteiger partial charge >= 0.3 is 0 Å². The number of carbonyl (C=O) groups excluding carboxylic acids is 1. The molecule has 0 saturated heterocycles. The van der Waals surface area contributed by atoms with Crippen LogP contribution in [0, 0.1) is 0 Å². The molecule has 2 heterocycles. The van der Waals surface area contributed by atoms with E-state index in [1.807, 2.05) is 37.3 Å². The van der Waals surface area contributed by atoms with Gasteiger partial charge in [0.25, 0.3) is 11.7 Å². The molecule has 1 amide bonds. The summed E-state index contributed by atoms with van der Waals surface area (Å²) in [5, 5.41) is 6.96. The van der Waals surface area contributed by atoms with Crippen molar-refractivity contribution in [1.29, 1.82) is 0 Å². The van der Waals surface area contributed by atoms with E-state index in [-0.39, 0.29) is 17.8 Å². The first-order valence-corrected chi connectivity index (χ1v) is 6.27. The van der Waals surface area contributed by atoms with Gasteiger partial charge in [-0.25, -0.2) is 9.50 Å². The van der Waals surface area contributed by atoms with E-state index in [0.717, 1.165) is 5.56 Å². The van der Waals surface area contributed by atoms with Crippen molar-refractivity contribution in [3.63, 3.8) is 0 Å². The number of aromatic nitrogens is 4. The van der Waals surface area contributed by atoms with Crippen molar-refractivity contribution in [2.24, 2.45) is 0 Å². The van der Waals surface area contributed by atoms with Crippen LogP contribution >= 0.6 is 0 Å². The van der Waals surface area contributed by atoms with Gasteiger partial charge < -0.3 is 5.32 Å². The average molecular weight is 267 g/mol. The van der Waals surface area contributed by atoms with Gasteiger partial charge in [0, 0.05) is 12.4 Å². The van der Waals surface area contributed by atoms with Crippen LogP contribution in [0.2, 0.25) is 0 Å². The fourth-order valence-electron chi connectivity index (χ4n) is 1.92. The monoisotopic (exact) mass is 267 g/mol. The van der Waals surface area contributed by atoms with Crippen molar-refractivity contribution in [3.05, 3.63) is 60.2 Å². The number of rotatable bonds is 3. The zero-order valence-corrected chi connectivity index (χ0v) is 10.9. The molecule has 0 aliphatic rings. The molecule has 1 aromatic carbocycles. The van der Waals surface area contributed by atoms with Crippen LogP contribution in [0.25, 0.3) is 5.78 Å². The quantitative estimate of drug-likeness (QED) is 0.782. The smallest absolute Gasteiger partial charge is 0.291 e. The molecule has 0 saturated carbocycles. The van der Waals surface area contributed by atoms with Gasteiger partial charge in [0.1, 0.15) is 0 Å². The highest BCUT2D eigenvalue weighted by atomic mass is 16.2. The summed E-state index contributed by atoms with van der Waals surface area (Å²) in [4.78, 5) is 20.2. The second-order valence-corrected chi connectivity index (χ2v) is 4.41. The van der Waals surface area contributed by atoms with Crippen LogP contribution in [0.1, 0.15) is 29.1 Å². The van der Waals surface area contributed by atoms with Crippen LogP contribution in [0.4, 0.5) is 0 Å². The standard InChI is InChI=1S/C14H13N5O/c1-10(11-6-3-2-4-7-11)16-13(20)12-17-14-15-8-5-9-19(14)18-12/h2-10H,1H3,(H,16,20)/t10-/m0/s1. The van der Waals surface area contributed by atoms with E-state index in [1.54, 1.807) is 18.5 Å². The van der Waals surface area contributed by atoms with E-state index in [4.69, 9.17) is 0 Å². The lowest BCUT2D eigenvalue weighted by Crippen LogP contribution is -2.27. The second-order valence-electron chi connectivity index (χ2n) is 4.41. The summed E-state index contributed by atoms with van der Waals surface area (Å²) in [7, 11) is 0. The number of nitrogens with zero attached hydrogens (tertiary/aromatic N) is 4. The van der Waals surface area contributed by atoms with E-state index in [0.29, 0.717) is 5.78 Å². The van der Waals surface area contributed by atoms with Crippen molar-refractivity contribution in [1.82, 2.24) is 24.9 Å². The fraction of sp³-hybridized carbons (Fsp3) is 0.143. The van der Waals surface area contributed by atoms with Crippen molar-refractivity contribution in [2.75, 3.05) is 0 Å².